The third-order valence-corrected chi connectivity index (χ3v) is 6.36. The van der Waals surface area contributed by atoms with E-state index in [0.29, 0.717) is 12.4 Å². The molecule has 1 saturated heterocycles. The normalized spacial score (nSPS) is 17.5. The summed E-state index contributed by atoms with van der Waals surface area (Å²) in [5.41, 5.74) is 2.52. The van der Waals surface area contributed by atoms with Gasteiger partial charge in [-0.15, -0.1) is 0 Å². The molecule has 9 heteroatoms. The van der Waals surface area contributed by atoms with E-state index in [9.17, 15) is 9.59 Å². The van der Waals surface area contributed by atoms with Gasteiger partial charge < -0.3 is 20.9 Å². The Morgan fingerprint density at radius 2 is 1.84 bits per heavy atom. The molecule has 0 unspecified atom stereocenters. The minimum atomic E-state index is -0.206. The SMILES string of the molecule is CNCCNC(=O)C1CCN(c2cnc3ccc(NC(=O)NC4CCCC4)nc3c2)CC1. The van der Waals surface area contributed by atoms with Crippen molar-refractivity contribution >= 4 is 34.5 Å². The quantitative estimate of drug-likeness (QED) is 0.493. The van der Waals surface area contributed by atoms with Crippen molar-refractivity contribution in [3.05, 3.63) is 24.4 Å². The Balaban J connectivity index is 1.35. The summed E-state index contributed by atoms with van der Waals surface area (Å²) in [5, 5.41) is 11.9. The lowest BCUT2D eigenvalue weighted by Crippen LogP contribution is -2.42. The van der Waals surface area contributed by atoms with Crippen LogP contribution in [-0.4, -0.2) is 61.2 Å². The Morgan fingerprint density at radius 1 is 1.06 bits per heavy atom. The average Bonchev–Trinajstić information content (AvgIpc) is 3.31. The van der Waals surface area contributed by atoms with Gasteiger partial charge in [-0.2, -0.15) is 0 Å². The van der Waals surface area contributed by atoms with Gasteiger partial charge in [0.05, 0.1) is 22.9 Å². The molecule has 0 atom stereocenters. The number of hydrogen-bond donors (Lipinski definition) is 4. The minimum absolute atomic E-state index is 0.0591. The van der Waals surface area contributed by atoms with Crippen LogP contribution in [-0.2, 0) is 4.79 Å². The number of rotatable bonds is 7. The van der Waals surface area contributed by atoms with Crippen molar-refractivity contribution in [3.8, 4) is 0 Å². The molecule has 0 radical (unpaired) electrons. The van der Waals surface area contributed by atoms with Crippen LogP contribution in [0.3, 0.4) is 0 Å². The van der Waals surface area contributed by atoms with Gasteiger partial charge in [0.2, 0.25) is 5.91 Å². The van der Waals surface area contributed by atoms with Crippen LogP contribution < -0.4 is 26.2 Å². The van der Waals surface area contributed by atoms with Crippen LogP contribution in [0, 0.1) is 5.92 Å². The van der Waals surface area contributed by atoms with Crippen molar-refractivity contribution in [3.63, 3.8) is 0 Å². The van der Waals surface area contributed by atoms with Gasteiger partial charge in [-0.25, -0.2) is 9.78 Å². The molecule has 172 valence electrons. The summed E-state index contributed by atoms with van der Waals surface area (Å²) in [7, 11) is 1.88. The lowest BCUT2D eigenvalue weighted by molar-refractivity contribution is -0.125. The third-order valence-electron chi connectivity index (χ3n) is 6.36. The van der Waals surface area contributed by atoms with E-state index in [1.54, 1.807) is 6.07 Å². The standard InChI is InChI=1S/C23H33N7O2/c1-24-10-11-25-22(31)16-8-12-30(13-9-16)18-14-20-19(26-15-18)6-7-21(28-20)29-23(32)27-17-4-2-3-5-17/h6-7,14-17,24H,2-5,8-13H2,1H3,(H,25,31)(H2,27,28,29,32). The second-order valence-corrected chi connectivity index (χ2v) is 8.66. The molecule has 2 fully saturated rings. The maximum Gasteiger partial charge on any atom is 0.320 e. The van der Waals surface area contributed by atoms with E-state index in [-0.39, 0.29) is 23.9 Å². The smallest absolute Gasteiger partial charge is 0.320 e. The van der Waals surface area contributed by atoms with Gasteiger partial charge in [0, 0.05) is 38.1 Å². The monoisotopic (exact) mass is 439 g/mol. The highest BCUT2D eigenvalue weighted by Gasteiger charge is 2.25. The fourth-order valence-electron chi connectivity index (χ4n) is 4.50. The Hall–Kier alpha value is -2.94. The van der Waals surface area contributed by atoms with Crippen molar-refractivity contribution in [1.82, 2.24) is 25.9 Å². The summed E-state index contributed by atoms with van der Waals surface area (Å²) in [5.74, 6) is 0.720. The number of carbonyl (C=O) groups is 2. The Kier molecular flexibility index (Phi) is 7.36. The lowest BCUT2D eigenvalue weighted by atomic mass is 9.95. The molecule has 3 heterocycles. The Bertz CT molecular complexity index is 937. The molecule has 1 saturated carbocycles. The first-order valence-electron chi connectivity index (χ1n) is 11.6. The Morgan fingerprint density at radius 3 is 2.59 bits per heavy atom. The third kappa shape index (κ3) is 5.64. The van der Waals surface area contributed by atoms with Gasteiger partial charge in [-0.3, -0.25) is 15.1 Å². The predicted molar refractivity (Wildman–Crippen MR) is 126 cm³/mol. The van der Waals surface area contributed by atoms with Crippen LogP contribution in [0.25, 0.3) is 11.0 Å². The van der Waals surface area contributed by atoms with E-state index >= 15 is 0 Å². The van der Waals surface area contributed by atoms with E-state index in [2.05, 4.69) is 36.1 Å². The zero-order chi connectivity index (χ0) is 22.3. The molecule has 4 rings (SSSR count). The van der Waals surface area contributed by atoms with Gasteiger partial charge in [-0.1, -0.05) is 12.8 Å². The summed E-state index contributed by atoms with van der Waals surface area (Å²) < 4.78 is 0. The number of hydrogen-bond acceptors (Lipinski definition) is 6. The molecule has 0 aromatic carbocycles. The van der Waals surface area contributed by atoms with Crippen LogP contribution in [0.5, 0.6) is 0 Å². The molecule has 1 aliphatic carbocycles. The number of aromatic nitrogens is 2. The number of nitrogens with zero attached hydrogens (tertiary/aromatic N) is 3. The number of fused-ring (bicyclic) bond motifs is 1. The second-order valence-electron chi connectivity index (χ2n) is 8.66. The molecule has 3 amide bonds. The number of likely N-dealkylation sites (N-methyl/N-ethyl adjacent to an activating group) is 1. The van der Waals surface area contributed by atoms with Crippen molar-refractivity contribution in [2.45, 2.75) is 44.6 Å². The second kappa shape index (κ2) is 10.6. The zero-order valence-corrected chi connectivity index (χ0v) is 18.7. The fraction of sp³-hybridized carbons (Fsp3) is 0.565. The first-order chi connectivity index (χ1) is 15.6. The molecule has 0 bridgehead atoms. The summed E-state index contributed by atoms with van der Waals surface area (Å²) in [4.78, 5) is 36.0. The number of pyridine rings is 2. The average molecular weight is 440 g/mol. The summed E-state index contributed by atoms with van der Waals surface area (Å²) in [6, 6.07) is 5.72. The van der Waals surface area contributed by atoms with Crippen molar-refractivity contribution in [2.24, 2.45) is 5.92 Å². The first kappa shape index (κ1) is 22.3. The number of piperidine rings is 1. The molecular weight excluding hydrogens is 406 g/mol. The van der Waals surface area contributed by atoms with E-state index in [0.717, 1.165) is 62.0 Å². The Labute approximate surface area is 188 Å². The molecule has 1 aliphatic heterocycles. The molecule has 0 spiro atoms. The molecule has 9 nitrogen and oxygen atoms in total. The fourth-order valence-corrected chi connectivity index (χ4v) is 4.50. The van der Waals surface area contributed by atoms with Gasteiger partial charge in [0.1, 0.15) is 5.82 Å². The summed E-state index contributed by atoms with van der Waals surface area (Å²) in [6.45, 7) is 3.04. The van der Waals surface area contributed by atoms with Crippen LogP contribution in [0.4, 0.5) is 16.3 Å². The highest BCUT2D eigenvalue weighted by atomic mass is 16.2. The number of anilines is 2. The van der Waals surface area contributed by atoms with Crippen LogP contribution in [0.1, 0.15) is 38.5 Å². The number of carbonyl (C=O) groups excluding carboxylic acids is 2. The number of nitrogens with one attached hydrogen (secondary N) is 4. The summed E-state index contributed by atoms with van der Waals surface area (Å²) in [6.07, 6.45) is 7.93. The number of urea groups is 1. The van der Waals surface area contributed by atoms with E-state index in [1.807, 2.05) is 25.4 Å². The van der Waals surface area contributed by atoms with Crippen LogP contribution >= 0.6 is 0 Å². The van der Waals surface area contributed by atoms with Gasteiger partial charge in [0.25, 0.3) is 0 Å². The topological polar surface area (TPSA) is 111 Å². The maximum absolute atomic E-state index is 12.3. The van der Waals surface area contributed by atoms with E-state index in [1.165, 1.54) is 12.8 Å². The minimum Gasteiger partial charge on any atom is -0.370 e. The highest BCUT2D eigenvalue weighted by molar-refractivity contribution is 5.90. The molecular formula is C23H33N7O2. The predicted octanol–water partition coefficient (Wildman–Crippen LogP) is 2.25. The first-order valence-corrected chi connectivity index (χ1v) is 11.6. The van der Waals surface area contributed by atoms with Gasteiger partial charge in [0.15, 0.2) is 0 Å². The molecule has 32 heavy (non-hydrogen) atoms. The maximum atomic E-state index is 12.3. The highest BCUT2D eigenvalue weighted by Crippen LogP contribution is 2.25. The molecule has 2 aromatic heterocycles. The van der Waals surface area contributed by atoms with E-state index in [4.69, 9.17) is 0 Å². The summed E-state index contributed by atoms with van der Waals surface area (Å²) >= 11 is 0. The molecule has 2 aliphatic rings. The van der Waals surface area contributed by atoms with Crippen molar-refractivity contribution in [1.29, 1.82) is 0 Å². The molecule has 2 aromatic rings. The zero-order valence-electron chi connectivity index (χ0n) is 18.7. The van der Waals surface area contributed by atoms with Crippen molar-refractivity contribution < 1.29 is 9.59 Å². The van der Waals surface area contributed by atoms with Crippen LogP contribution in [0.2, 0.25) is 0 Å². The van der Waals surface area contributed by atoms with Gasteiger partial charge in [-0.05, 0) is 50.9 Å². The number of amides is 3. The largest absolute Gasteiger partial charge is 0.370 e. The molecule has 4 N–H and O–H groups in total. The van der Waals surface area contributed by atoms with E-state index < -0.39 is 0 Å². The lowest BCUT2D eigenvalue weighted by Gasteiger charge is -2.32. The van der Waals surface area contributed by atoms with Crippen molar-refractivity contribution in [2.75, 3.05) is 43.4 Å². The van der Waals surface area contributed by atoms with Gasteiger partial charge >= 0.3 is 6.03 Å². The van der Waals surface area contributed by atoms with Crippen LogP contribution in [0.15, 0.2) is 24.4 Å².